The van der Waals surface area contributed by atoms with Crippen molar-refractivity contribution in [2.24, 2.45) is 0 Å². The summed E-state index contributed by atoms with van der Waals surface area (Å²) >= 11 is 0. The van der Waals surface area contributed by atoms with Crippen LogP contribution in [0.15, 0.2) is 30.3 Å². The fraction of sp³-hybridized carbons (Fsp3) is 0.273. The Morgan fingerprint density at radius 2 is 1.78 bits per heavy atom. The number of aromatic hydroxyl groups is 3. The lowest BCUT2D eigenvalue weighted by molar-refractivity contribution is 0.415. The quantitative estimate of drug-likeness (QED) is 0.552. The molecule has 0 spiro atoms. The van der Waals surface area contributed by atoms with Crippen molar-refractivity contribution in [1.29, 1.82) is 0 Å². The van der Waals surface area contributed by atoms with Gasteiger partial charge in [0.15, 0.2) is 0 Å². The van der Waals surface area contributed by atoms with E-state index in [1.165, 1.54) is 6.07 Å². The molecule has 0 saturated heterocycles. The summed E-state index contributed by atoms with van der Waals surface area (Å²) in [5.74, 6) is 0.856. The number of benzene rings is 3. The summed E-state index contributed by atoms with van der Waals surface area (Å²) in [4.78, 5) is 0. The van der Waals surface area contributed by atoms with E-state index in [1.54, 1.807) is 13.2 Å². The van der Waals surface area contributed by atoms with Crippen LogP contribution < -0.4 is 10.1 Å². The average Bonchev–Trinajstić information content (AvgIpc) is 2.62. The molecule has 27 heavy (non-hydrogen) atoms. The number of phenols is 3. The maximum absolute atomic E-state index is 10.7. The van der Waals surface area contributed by atoms with Gasteiger partial charge in [-0.3, -0.25) is 0 Å². The molecule has 1 aliphatic rings. The number of phenolic OH excluding ortho intramolecular Hbond substituents is 3. The number of hydrogen-bond acceptors (Lipinski definition) is 5. The van der Waals surface area contributed by atoms with E-state index in [0.29, 0.717) is 29.7 Å². The van der Waals surface area contributed by atoms with Gasteiger partial charge in [0.25, 0.3) is 0 Å². The first-order valence-electron chi connectivity index (χ1n) is 9.01. The third-order valence-electron chi connectivity index (χ3n) is 5.33. The van der Waals surface area contributed by atoms with Crippen molar-refractivity contribution in [3.63, 3.8) is 0 Å². The van der Waals surface area contributed by atoms with E-state index in [4.69, 9.17) is 4.74 Å². The maximum atomic E-state index is 10.7. The molecule has 0 saturated carbocycles. The largest absolute Gasteiger partial charge is 0.507 e. The van der Waals surface area contributed by atoms with Crippen molar-refractivity contribution in [3.05, 3.63) is 47.0 Å². The molecular weight excluding hydrogens is 342 g/mol. The fourth-order valence-electron chi connectivity index (χ4n) is 4.07. The number of aryl methyl sites for hydroxylation is 1. The highest BCUT2D eigenvalue weighted by molar-refractivity contribution is 6.05. The Morgan fingerprint density at radius 1 is 1.00 bits per heavy atom. The summed E-state index contributed by atoms with van der Waals surface area (Å²) < 4.78 is 5.49. The maximum Gasteiger partial charge on any atom is 0.130 e. The molecule has 0 fully saturated rings. The molecular formula is C22H23NO4. The predicted molar refractivity (Wildman–Crippen MR) is 106 cm³/mol. The van der Waals surface area contributed by atoms with Crippen molar-refractivity contribution in [3.8, 4) is 34.1 Å². The molecule has 0 aliphatic carbocycles. The van der Waals surface area contributed by atoms with Gasteiger partial charge < -0.3 is 25.4 Å². The Labute approximate surface area is 157 Å². The number of hydrogen-bond donors (Lipinski definition) is 4. The van der Waals surface area contributed by atoms with Crippen LogP contribution in [0.25, 0.3) is 21.9 Å². The molecule has 1 atom stereocenters. The van der Waals surface area contributed by atoms with Crippen LogP contribution >= 0.6 is 0 Å². The molecule has 1 unspecified atom stereocenters. The molecule has 3 aromatic carbocycles. The van der Waals surface area contributed by atoms with Crippen LogP contribution in [0.5, 0.6) is 23.0 Å². The Hall–Kier alpha value is -2.92. The van der Waals surface area contributed by atoms with E-state index in [1.807, 2.05) is 25.1 Å². The van der Waals surface area contributed by atoms with Crippen LogP contribution in [-0.4, -0.2) is 28.5 Å². The van der Waals surface area contributed by atoms with Crippen molar-refractivity contribution < 1.29 is 20.1 Å². The smallest absolute Gasteiger partial charge is 0.130 e. The standard InChI is InChI=1S/C22H23NO4/c1-11-6-14-13(4-5-17(24)22(14)20(7-11)27-3)21-15-8-12(2)23-10-16(15)18(25)9-19(21)26/h4-7,9,12,23-26H,8,10H2,1-3H3. The van der Waals surface area contributed by atoms with Crippen LogP contribution in [0.4, 0.5) is 0 Å². The Kier molecular flexibility index (Phi) is 4.12. The van der Waals surface area contributed by atoms with Gasteiger partial charge in [-0.2, -0.15) is 0 Å². The first-order valence-corrected chi connectivity index (χ1v) is 9.01. The highest BCUT2D eigenvalue weighted by Crippen LogP contribution is 2.46. The van der Waals surface area contributed by atoms with Gasteiger partial charge in [-0.1, -0.05) is 6.07 Å². The highest BCUT2D eigenvalue weighted by Gasteiger charge is 2.26. The minimum absolute atomic E-state index is 0.0350. The third-order valence-corrected chi connectivity index (χ3v) is 5.33. The highest BCUT2D eigenvalue weighted by atomic mass is 16.5. The normalized spacial score (nSPS) is 16.3. The summed E-state index contributed by atoms with van der Waals surface area (Å²) in [6.07, 6.45) is 0.692. The second kappa shape index (κ2) is 6.35. The molecule has 1 aliphatic heterocycles. The zero-order valence-electron chi connectivity index (χ0n) is 15.6. The molecule has 0 amide bonds. The monoisotopic (exact) mass is 365 g/mol. The van der Waals surface area contributed by atoms with Gasteiger partial charge in [0.2, 0.25) is 0 Å². The molecule has 0 bridgehead atoms. The van der Waals surface area contributed by atoms with E-state index in [2.05, 4.69) is 12.2 Å². The van der Waals surface area contributed by atoms with Crippen LogP contribution in [0, 0.1) is 6.92 Å². The van der Waals surface area contributed by atoms with Gasteiger partial charge >= 0.3 is 0 Å². The Bertz CT molecular complexity index is 1060. The molecule has 0 radical (unpaired) electrons. The van der Waals surface area contributed by atoms with Gasteiger partial charge in [0, 0.05) is 29.8 Å². The number of methoxy groups -OCH3 is 1. The summed E-state index contributed by atoms with van der Waals surface area (Å²) in [6.45, 7) is 4.60. The first-order chi connectivity index (χ1) is 12.9. The van der Waals surface area contributed by atoms with E-state index in [0.717, 1.165) is 27.6 Å². The summed E-state index contributed by atoms with van der Waals surface area (Å²) in [6, 6.07) is 8.93. The predicted octanol–water partition coefficient (Wildman–Crippen LogP) is 3.97. The van der Waals surface area contributed by atoms with Gasteiger partial charge in [-0.15, -0.1) is 0 Å². The van der Waals surface area contributed by atoms with Crippen molar-refractivity contribution in [1.82, 2.24) is 5.32 Å². The van der Waals surface area contributed by atoms with Gasteiger partial charge in [0.05, 0.1) is 12.5 Å². The number of rotatable bonds is 2. The van der Waals surface area contributed by atoms with Crippen LogP contribution in [0.2, 0.25) is 0 Å². The Morgan fingerprint density at radius 3 is 2.52 bits per heavy atom. The number of nitrogens with one attached hydrogen (secondary N) is 1. The molecule has 5 nitrogen and oxygen atoms in total. The lowest BCUT2D eigenvalue weighted by Crippen LogP contribution is -2.33. The van der Waals surface area contributed by atoms with Crippen molar-refractivity contribution >= 4 is 10.8 Å². The zero-order chi connectivity index (χ0) is 19.3. The second-order valence-electron chi connectivity index (χ2n) is 7.25. The van der Waals surface area contributed by atoms with Gasteiger partial charge in [0.1, 0.15) is 23.0 Å². The summed E-state index contributed by atoms with van der Waals surface area (Å²) in [5.41, 5.74) is 4.25. The van der Waals surface area contributed by atoms with E-state index < -0.39 is 0 Å². The number of ether oxygens (including phenoxy) is 1. The molecule has 1 heterocycles. The lowest BCUT2D eigenvalue weighted by atomic mass is 9.85. The second-order valence-corrected chi connectivity index (χ2v) is 7.25. The summed E-state index contributed by atoms with van der Waals surface area (Å²) in [5, 5.41) is 36.3. The van der Waals surface area contributed by atoms with E-state index in [9.17, 15) is 15.3 Å². The summed E-state index contributed by atoms with van der Waals surface area (Å²) in [7, 11) is 1.58. The molecule has 5 heteroatoms. The SMILES string of the molecule is COc1cc(C)cc2c(-c3c(O)cc(O)c4c3CC(C)NC4)ccc(O)c12. The third kappa shape index (κ3) is 2.75. The fourth-order valence-corrected chi connectivity index (χ4v) is 4.07. The number of fused-ring (bicyclic) bond motifs is 2. The van der Waals surface area contributed by atoms with Crippen LogP contribution in [0.3, 0.4) is 0 Å². The van der Waals surface area contributed by atoms with Crippen LogP contribution in [0.1, 0.15) is 23.6 Å². The molecule has 4 N–H and O–H groups in total. The van der Waals surface area contributed by atoms with E-state index >= 15 is 0 Å². The van der Waals surface area contributed by atoms with Gasteiger partial charge in [-0.25, -0.2) is 0 Å². The molecule has 140 valence electrons. The van der Waals surface area contributed by atoms with Crippen molar-refractivity contribution in [2.45, 2.75) is 32.9 Å². The topological polar surface area (TPSA) is 82.0 Å². The molecule has 4 rings (SSSR count). The van der Waals surface area contributed by atoms with Crippen LogP contribution in [-0.2, 0) is 13.0 Å². The molecule has 3 aromatic rings. The average molecular weight is 365 g/mol. The lowest BCUT2D eigenvalue weighted by Gasteiger charge is -2.27. The Balaban J connectivity index is 2.10. The zero-order valence-corrected chi connectivity index (χ0v) is 15.6. The minimum atomic E-state index is 0.0350. The molecule has 0 aromatic heterocycles. The van der Waals surface area contributed by atoms with Gasteiger partial charge in [-0.05, 0) is 60.5 Å². The minimum Gasteiger partial charge on any atom is -0.507 e. The first kappa shape index (κ1) is 17.5. The van der Waals surface area contributed by atoms with E-state index in [-0.39, 0.29) is 23.3 Å². The van der Waals surface area contributed by atoms with Crippen molar-refractivity contribution in [2.75, 3.05) is 7.11 Å².